The van der Waals surface area contributed by atoms with Gasteiger partial charge in [0.05, 0.1) is 6.61 Å². The number of hydrogen-bond acceptors (Lipinski definition) is 4. The Morgan fingerprint density at radius 3 is 2.44 bits per heavy atom. The van der Waals surface area contributed by atoms with Crippen molar-refractivity contribution in [3.05, 3.63) is 0 Å². The largest absolute Gasteiger partial charge is 0.461 e. The molecule has 0 aromatic rings. The Labute approximate surface area is 98.8 Å². The van der Waals surface area contributed by atoms with E-state index in [1.54, 1.807) is 0 Å². The third kappa shape index (κ3) is 2.81. The SMILES string of the molecule is CCOC(=O)C(F)(F)C1(O)CCNCC1.Cl. The Morgan fingerprint density at radius 2 is 2.00 bits per heavy atom. The highest BCUT2D eigenvalue weighted by Gasteiger charge is 2.59. The van der Waals surface area contributed by atoms with E-state index >= 15 is 0 Å². The number of alkyl halides is 2. The molecule has 1 saturated heterocycles. The number of carbonyl (C=O) groups excluding carboxylic acids is 1. The van der Waals surface area contributed by atoms with E-state index in [4.69, 9.17) is 0 Å². The fourth-order valence-corrected chi connectivity index (χ4v) is 1.57. The van der Waals surface area contributed by atoms with Gasteiger partial charge in [0.15, 0.2) is 0 Å². The van der Waals surface area contributed by atoms with Crippen LogP contribution in [0.15, 0.2) is 0 Å². The van der Waals surface area contributed by atoms with Crippen LogP contribution in [-0.4, -0.2) is 42.3 Å². The lowest BCUT2D eigenvalue weighted by atomic mass is 9.86. The summed E-state index contributed by atoms with van der Waals surface area (Å²) in [4.78, 5) is 11.0. The molecule has 16 heavy (non-hydrogen) atoms. The van der Waals surface area contributed by atoms with Gasteiger partial charge in [0.2, 0.25) is 0 Å². The average molecular weight is 260 g/mol. The topological polar surface area (TPSA) is 58.6 Å². The average Bonchev–Trinajstić information content (AvgIpc) is 2.19. The summed E-state index contributed by atoms with van der Waals surface area (Å²) in [6, 6.07) is 0. The number of carbonyl (C=O) groups is 1. The van der Waals surface area contributed by atoms with Crippen LogP contribution < -0.4 is 5.32 Å². The minimum atomic E-state index is -3.83. The maximum atomic E-state index is 13.5. The van der Waals surface area contributed by atoms with Gasteiger partial charge in [-0.15, -0.1) is 12.4 Å². The van der Waals surface area contributed by atoms with E-state index in [1.165, 1.54) is 6.92 Å². The predicted octanol–water partition coefficient (Wildman–Crippen LogP) is 0.721. The second-order valence-corrected chi connectivity index (χ2v) is 3.58. The molecule has 0 bridgehead atoms. The van der Waals surface area contributed by atoms with Crippen molar-refractivity contribution in [1.82, 2.24) is 5.32 Å². The van der Waals surface area contributed by atoms with Crippen LogP contribution in [0, 0.1) is 0 Å². The smallest absolute Gasteiger partial charge is 0.380 e. The van der Waals surface area contributed by atoms with Crippen LogP contribution in [0.1, 0.15) is 19.8 Å². The van der Waals surface area contributed by atoms with Crippen molar-refractivity contribution in [2.75, 3.05) is 19.7 Å². The Morgan fingerprint density at radius 1 is 1.50 bits per heavy atom. The Hall–Kier alpha value is -0.460. The van der Waals surface area contributed by atoms with Gasteiger partial charge in [0.1, 0.15) is 5.60 Å². The quantitative estimate of drug-likeness (QED) is 0.734. The summed E-state index contributed by atoms with van der Waals surface area (Å²) < 4.78 is 31.3. The molecule has 0 saturated carbocycles. The molecule has 1 aliphatic heterocycles. The van der Waals surface area contributed by atoms with Gasteiger partial charge in [-0.3, -0.25) is 0 Å². The van der Waals surface area contributed by atoms with E-state index in [0.29, 0.717) is 0 Å². The molecule has 0 atom stereocenters. The normalized spacial score (nSPS) is 19.8. The predicted molar refractivity (Wildman–Crippen MR) is 55.9 cm³/mol. The molecule has 7 heteroatoms. The van der Waals surface area contributed by atoms with E-state index < -0.39 is 17.5 Å². The lowest BCUT2D eigenvalue weighted by Gasteiger charge is -2.37. The number of piperidine rings is 1. The number of esters is 1. The Balaban J connectivity index is 0.00000225. The Kier molecular flexibility index (Phi) is 5.58. The summed E-state index contributed by atoms with van der Waals surface area (Å²) in [5.41, 5.74) is -2.27. The molecule has 1 heterocycles. The Bertz CT molecular complexity index is 245. The molecular formula is C9H16ClF2NO3. The van der Waals surface area contributed by atoms with E-state index in [2.05, 4.69) is 10.1 Å². The number of ether oxygens (including phenoxy) is 1. The van der Waals surface area contributed by atoms with E-state index in [9.17, 15) is 18.7 Å². The molecule has 4 nitrogen and oxygen atoms in total. The first-order chi connectivity index (χ1) is 6.94. The van der Waals surface area contributed by atoms with Crippen LogP contribution in [0.4, 0.5) is 8.78 Å². The number of rotatable bonds is 3. The summed E-state index contributed by atoms with van der Waals surface area (Å²) >= 11 is 0. The molecule has 96 valence electrons. The third-order valence-corrected chi connectivity index (χ3v) is 2.55. The monoisotopic (exact) mass is 259 g/mol. The molecule has 0 radical (unpaired) electrons. The van der Waals surface area contributed by atoms with Crippen molar-refractivity contribution in [3.8, 4) is 0 Å². The number of aliphatic hydroxyl groups is 1. The molecule has 0 aromatic heterocycles. The van der Waals surface area contributed by atoms with E-state index in [0.717, 1.165) is 0 Å². The summed E-state index contributed by atoms with van der Waals surface area (Å²) in [7, 11) is 0. The van der Waals surface area contributed by atoms with Crippen molar-refractivity contribution in [1.29, 1.82) is 0 Å². The van der Waals surface area contributed by atoms with E-state index in [-0.39, 0.29) is 44.9 Å². The van der Waals surface area contributed by atoms with Gasteiger partial charge in [-0.2, -0.15) is 8.78 Å². The van der Waals surface area contributed by atoms with Gasteiger partial charge < -0.3 is 15.2 Å². The molecule has 0 unspecified atom stereocenters. The van der Waals surface area contributed by atoms with Gasteiger partial charge in [0, 0.05) is 0 Å². The molecule has 0 amide bonds. The third-order valence-electron chi connectivity index (χ3n) is 2.55. The van der Waals surface area contributed by atoms with Crippen LogP contribution in [0.3, 0.4) is 0 Å². The molecular weight excluding hydrogens is 244 g/mol. The second kappa shape index (κ2) is 5.75. The van der Waals surface area contributed by atoms with E-state index in [1.807, 2.05) is 0 Å². The second-order valence-electron chi connectivity index (χ2n) is 3.58. The molecule has 0 aromatic carbocycles. The molecule has 1 fully saturated rings. The van der Waals surface area contributed by atoms with Crippen LogP contribution in [0.5, 0.6) is 0 Å². The van der Waals surface area contributed by atoms with Crippen molar-refractivity contribution in [3.63, 3.8) is 0 Å². The van der Waals surface area contributed by atoms with Crippen LogP contribution >= 0.6 is 12.4 Å². The van der Waals surface area contributed by atoms with Gasteiger partial charge in [-0.05, 0) is 32.9 Å². The summed E-state index contributed by atoms with van der Waals surface area (Å²) in [6.07, 6.45) is -0.308. The standard InChI is InChI=1S/C9H15F2NO3.ClH/c1-2-15-7(13)9(10,11)8(14)3-5-12-6-4-8;/h12,14H,2-6H2,1H3;1H. The van der Waals surface area contributed by atoms with Crippen LogP contribution in [0.25, 0.3) is 0 Å². The highest BCUT2D eigenvalue weighted by atomic mass is 35.5. The van der Waals surface area contributed by atoms with Gasteiger partial charge in [-0.25, -0.2) is 4.79 Å². The van der Waals surface area contributed by atoms with Gasteiger partial charge in [0.25, 0.3) is 0 Å². The number of halogens is 3. The molecule has 0 aliphatic carbocycles. The van der Waals surface area contributed by atoms with Crippen LogP contribution in [0.2, 0.25) is 0 Å². The lowest BCUT2D eigenvalue weighted by Crippen LogP contribution is -2.58. The van der Waals surface area contributed by atoms with Gasteiger partial charge >= 0.3 is 11.9 Å². The van der Waals surface area contributed by atoms with Crippen molar-refractivity contribution in [2.45, 2.75) is 31.3 Å². The molecule has 1 rings (SSSR count). The zero-order chi connectivity index (χ0) is 11.5. The summed E-state index contributed by atoms with van der Waals surface area (Å²) in [5.74, 6) is -5.47. The lowest BCUT2D eigenvalue weighted by molar-refractivity contribution is -0.218. The molecule has 0 spiro atoms. The fraction of sp³-hybridized carbons (Fsp3) is 0.889. The highest BCUT2D eigenvalue weighted by Crippen LogP contribution is 2.36. The minimum absolute atomic E-state index is 0. The fourth-order valence-electron chi connectivity index (χ4n) is 1.57. The van der Waals surface area contributed by atoms with Gasteiger partial charge in [-0.1, -0.05) is 0 Å². The summed E-state index contributed by atoms with van der Waals surface area (Å²) in [5, 5.41) is 12.5. The summed E-state index contributed by atoms with van der Waals surface area (Å²) in [6.45, 7) is 1.86. The molecule has 1 aliphatic rings. The molecule has 2 N–H and O–H groups in total. The first kappa shape index (κ1) is 15.5. The first-order valence-electron chi connectivity index (χ1n) is 4.92. The highest BCUT2D eigenvalue weighted by molar-refractivity contribution is 5.85. The number of nitrogens with one attached hydrogen (secondary N) is 1. The van der Waals surface area contributed by atoms with Crippen molar-refractivity contribution < 1.29 is 23.4 Å². The van der Waals surface area contributed by atoms with Crippen molar-refractivity contribution in [2.24, 2.45) is 0 Å². The maximum Gasteiger partial charge on any atom is 0.380 e. The number of hydrogen-bond donors (Lipinski definition) is 2. The van der Waals surface area contributed by atoms with Crippen LogP contribution in [-0.2, 0) is 9.53 Å². The zero-order valence-corrected chi connectivity index (χ0v) is 9.78. The maximum absolute atomic E-state index is 13.5. The van der Waals surface area contributed by atoms with Crippen molar-refractivity contribution >= 4 is 18.4 Å². The zero-order valence-electron chi connectivity index (χ0n) is 8.96. The minimum Gasteiger partial charge on any atom is -0.461 e. The first-order valence-corrected chi connectivity index (χ1v) is 4.92.